The monoisotopic (exact) mass is 352 g/mol. The maximum absolute atomic E-state index is 11.2. The zero-order valence-corrected chi connectivity index (χ0v) is 13.9. The van der Waals surface area contributed by atoms with Gasteiger partial charge in [0.15, 0.2) is 12.6 Å². The summed E-state index contributed by atoms with van der Waals surface area (Å²) in [6.45, 7) is 0.551. The third kappa shape index (κ3) is 9.11. The van der Waals surface area contributed by atoms with Gasteiger partial charge in [0, 0.05) is 19.5 Å². The van der Waals surface area contributed by atoms with Crippen molar-refractivity contribution in [2.75, 3.05) is 27.2 Å². The van der Waals surface area contributed by atoms with E-state index in [2.05, 4.69) is 0 Å². The molecule has 0 radical (unpaired) electrons. The van der Waals surface area contributed by atoms with Crippen LogP contribution in [0.25, 0.3) is 0 Å². The summed E-state index contributed by atoms with van der Waals surface area (Å²) in [6.07, 6.45) is -3.41. The zero-order valence-electron chi connectivity index (χ0n) is 13.9. The third-order valence-electron chi connectivity index (χ3n) is 3.89. The zero-order chi connectivity index (χ0) is 18.9. The van der Waals surface area contributed by atoms with Gasteiger partial charge in [-0.25, -0.2) is 0 Å². The highest BCUT2D eigenvalue weighted by atomic mass is 16.5. The standard InChI is InChI=1S/C14H28N2O8/c1-15(9(13(21)22)3-5-11(17)18)7-8-16(2)10(14(23)24)4-6-12(19)20/h9-11,13,17-18,21-22H,3-8H2,1-2H3,(H,19,20)(H,23,24). The van der Waals surface area contributed by atoms with Crippen LogP contribution in [-0.4, -0.2) is 104 Å². The number of likely N-dealkylation sites (N-methyl/N-ethyl adjacent to an activating group) is 2. The fourth-order valence-corrected chi connectivity index (χ4v) is 2.35. The molecule has 0 aliphatic rings. The van der Waals surface area contributed by atoms with Gasteiger partial charge in [0.2, 0.25) is 0 Å². The molecule has 2 atom stereocenters. The molecule has 0 aliphatic carbocycles. The van der Waals surface area contributed by atoms with E-state index >= 15 is 0 Å². The minimum Gasteiger partial charge on any atom is -0.481 e. The second-order valence-electron chi connectivity index (χ2n) is 5.79. The maximum atomic E-state index is 11.2. The number of carboxylic acids is 2. The smallest absolute Gasteiger partial charge is 0.320 e. The Morgan fingerprint density at radius 3 is 1.83 bits per heavy atom. The van der Waals surface area contributed by atoms with Crippen LogP contribution in [0.5, 0.6) is 0 Å². The topological polar surface area (TPSA) is 162 Å². The number of aliphatic carboxylic acids is 2. The highest BCUT2D eigenvalue weighted by Gasteiger charge is 2.26. The minimum atomic E-state index is -1.68. The van der Waals surface area contributed by atoms with E-state index < -0.39 is 36.6 Å². The molecular formula is C14H28N2O8. The summed E-state index contributed by atoms with van der Waals surface area (Å²) in [5.74, 6) is -2.19. The van der Waals surface area contributed by atoms with Crippen LogP contribution in [0.4, 0.5) is 0 Å². The van der Waals surface area contributed by atoms with Crippen molar-refractivity contribution in [3.05, 3.63) is 0 Å². The van der Waals surface area contributed by atoms with E-state index in [-0.39, 0.29) is 38.8 Å². The van der Waals surface area contributed by atoms with Crippen molar-refractivity contribution in [2.24, 2.45) is 0 Å². The Morgan fingerprint density at radius 1 is 0.875 bits per heavy atom. The van der Waals surface area contributed by atoms with Crippen molar-refractivity contribution < 1.29 is 40.2 Å². The van der Waals surface area contributed by atoms with Crippen LogP contribution in [0.2, 0.25) is 0 Å². The van der Waals surface area contributed by atoms with Gasteiger partial charge in [-0.05, 0) is 33.4 Å². The van der Waals surface area contributed by atoms with Crippen molar-refractivity contribution in [1.29, 1.82) is 0 Å². The van der Waals surface area contributed by atoms with Gasteiger partial charge in [0.25, 0.3) is 0 Å². The molecule has 142 valence electrons. The molecule has 0 heterocycles. The van der Waals surface area contributed by atoms with Crippen molar-refractivity contribution in [3.63, 3.8) is 0 Å². The molecule has 0 aromatic carbocycles. The Balaban J connectivity index is 4.57. The van der Waals surface area contributed by atoms with Crippen molar-refractivity contribution in [3.8, 4) is 0 Å². The number of hydrogen-bond donors (Lipinski definition) is 6. The van der Waals surface area contributed by atoms with Gasteiger partial charge < -0.3 is 30.6 Å². The number of aliphatic hydroxyl groups excluding tert-OH is 2. The highest BCUT2D eigenvalue weighted by Crippen LogP contribution is 2.11. The fourth-order valence-electron chi connectivity index (χ4n) is 2.35. The number of carbonyl (C=O) groups is 2. The molecule has 0 aromatic heterocycles. The first kappa shape index (κ1) is 22.7. The van der Waals surface area contributed by atoms with Crippen molar-refractivity contribution in [1.82, 2.24) is 9.80 Å². The van der Waals surface area contributed by atoms with Gasteiger partial charge in [-0.15, -0.1) is 0 Å². The van der Waals surface area contributed by atoms with Gasteiger partial charge in [-0.3, -0.25) is 19.4 Å². The molecule has 0 aromatic rings. The predicted molar refractivity (Wildman–Crippen MR) is 83.0 cm³/mol. The Hall–Kier alpha value is -1.30. The highest BCUT2D eigenvalue weighted by molar-refractivity contribution is 5.75. The van der Waals surface area contributed by atoms with Gasteiger partial charge in [-0.2, -0.15) is 0 Å². The summed E-state index contributed by atoms with van der Waals surface area (Å²) >= 11 is 0. The van der Waals surface area contributed by atoms with Crippen molar-refractivity contribution in [2.45, 2.75) is 50.3 Å². The Bertz CT molecular complexity index is 391. The Labute approximate surface area is 140 Å². The largest absolute Gasteiger partial charge is 0.481 e. The molecule has 2 unspecified atom stereocenters. The second kappa shape index (κ2) is 11.3. The first-order valence-electron chi connectivity index (χ1n) is 7.63. The van der Waals surface area contributed by atoms with E-state index in [0.29, 0.717) is 0 Å². The molecule has 0 fully saturated rings. The molecule has 0 saturated heterocycles. The molecule has 0 saturated carbocycles. The van der Waals surface area contributed by atoms with Crippen LogP contribution in [-0.2, 0) is 9.59 Å². The van der Waals surface area contributed by atoms with Crippen LogP contribution in [0, 0.1) is 0 Å². The van der Waals surface area contributed by atoms with Gasteiger partial charge >= 0.3 is 11.9 Å². The number of aliphatic hydroxyl groups is 4. The molecule has 10 nitrogen and oxygen atoms in total. The minimum absolute atomic E-state index is 0.0289. The van der Waals surface area contributed by atoms with Crippen LogP contribution in [0.3, 0.4) is 0 Å². The summed E-state index contributed by atoms with van der Waals surface area (Å²) in [7, 11) is 3.16. The first-order chi connectivity index (χ1) is 11.1. The van der Waals surface area contributed by atoms with Crippen molar-refractivity contribution >= 4 is 11.9 Å². The molecule has 24 heavy (non-hydrogen) atoms. The fraction of sp³-hybridized carbons (Fsp3) is 0.857. The molecule has 0 aliphatic heterocycles. The Kier molecular flexibility index (Phi) is 10.7. The first-order valence-corrected chi connectivity index (χ1v) is 7.63. The van der Waals surface area contributed by atoms with Gasteiger partial charge in [0.05, 0.1) is 6.04 Å². The molecule has 0 rings (SSSR count). The van der Waals surface area contributed by atoms with E-state index in [1.165, 1.54) is 4.90 Å². The second-order valence-corrected chi connectivity index (χ2v) is 5.79. The summed E-state index contributed by atoms with van der Waals surface area (Å²) in [5, 5.41) is 54.4. The average Bonchev–Trinajstić information content (AvgIpc) is 2.43. The molecular weight excluding hydrogens is 324 g/mol. The van der Waals surface area contributed by atoms with Crippen LogP contribution >= 0.6 is 0 Å². The van der Waals surface area contributed by atoms with Gasteiger partial charge in [-0.1, -0.05) is 0 Å². The molecule has 0 bridgehead atoms. The maximum Gasteiger partial charge on any atom is 0.320 e. The summed E-state index contributed by atoms with van der Waals surface area (Å²) < 4.78 is 0. The van der Waals surface area contributed by atoms with Crippen LogP contribution in [0.1, 0.15) is 25.7 Å². The van der Waals surface area contributed by atoms with E-state index in [9.17, 15) is 24.9 Å². The van der Waals surface area contributed by atoms with E-state index in [1.807, 2.05) is 0 Å². The molecule has 0 spiro atoms. The summed E-state index contributed by atoms with van der Waals surface area (Å²) in [4.78, 5) is 24.9. The molecule has 6 N–H and O–H groups in total. The predicted octanol–water partition coefficient (Wildman–Crippen LogP) is -2.06. The normalized spacial score (nSPS) is 14.6. The molecule has 0 amide bonds. The van der Waals surface area contributed by atoms with Crippen LogP contribution in [0.15, 0.2) is 0 Å². The summed E-state index contributed by atoms with van der Waals surface area (Å²) in [6, 6.07) is -1.69. The molecule has 10 heteroatoms. The number of rotatable bonds is 13. The van der Waals surface area contributed by atoms with Gasteiger partial charge in [0.1, 0.15) is 6.04 Å². The van der Waals surface area contributed by atoms with E-state index in [0.717, 1.165) is 0 Å². The lowest BCUT2D eigenvalue weighted by Gasteiger charge is -2.32. The SMILES string of the molecule is CN(CCN(C)C(CCC(O)O)C(O)O)C(CCC(=O)O)C(=O)O. The lowest BCUT2D eigenvalue weighted by molar-refractivity contribution is -0.144. The lowest BCUT2D eigenvalue weighted by atomic mass is 10.1. The Morgan fingerprint density at radius 2 is 1.42 bits per heavy atom. The number of hydrogen-bond acceptors (Lipinski definition) is 8. The van der Waals surface area contributed by atoms with Crippen LogP contribution < -0.4 is 0 Å². The number of nitrogens with zero attached hydrogens (tertiary/aromatic N) is 2. The quantitative estimate of drug-likeness (QED) is 0.203. The third-order valence-corrected chi connectivity index (χ3v) is 3.89. The van der Waals surface area contributed by atoms with E-state index in [1.54, 1.807) is 19.0 Å². The number of carboxylic acid groups (broad SMARTS) is 2. The van der Waals surface area contributed by atoms with E-state index in [4.69, 9.17) is 15.3 Å². The average molecular weight is 352 g/mol. The summed E-state index contributed by atoms with van der Waals surface area (Å²) in [5.41, 5.74) is 0. The lowest BCUT2D eigenvalue weighted by Crippen LogP contribution is -2.47.